The zero-order valence-electron chi connectivity index (χ0n) is 7.44. The lowest BCUT2D eigenvalue weighted by molar-refractivity contribution is 0.0512. The van der Waals surface area contributed by atoms with E-state index in [-0.39, 0.29) is 18.3 Å². The predicted octanol–water partition coefficient (Wildman–Crippen LogP) is 0.0347. The molecular weight excluding hydrogens is 174 g/mol. The first-order valence-electron chi connectivity index (χ1n) is 3.92. The van der Waals surface area contributed by atoms with Crippen LogP contribution in [0.2, 0.25) is 0 Å². The van der Waals surface area contributed by atoms with Crippen molar-refractivity contribution in [2.24, 2.45) is 0 Å². The quantitative estimate of drug-likeness (QED) is 0.649. The Morgan fingerprint density at radius 2 is 2.46 bits per heavy atom. The van der Waals surface area contributed by atoms with Gasteiger partial charge in [0, 0.05) is 0 Å². The number of aromatic nitrogens is 3. The third-order valence-corrected chi connectivity index (χ3v) is 1.36. The summed E-state index contributed by atoms with van der Waals surface area (Å²) in [6.45, 7) is 3.49. The maximum absolute atomic E-state index is 11.0. The molecule has 0 amide bonds. The van der Waals surface area contributed by atoms with Gasteiger partial charge in [-0.15, -0.1) is 5.10 Å². The van der Waals surface area contributed by atoms with Crippen molar-refractivity contribution in [2.45, 2.75) is 20.0 Å². The summed E-state index contributed by atoms with van der Waals surface area (Å²) in [6.07, 6.45) is -0.768. The number of aromatic amines is 1. The number of carbonyl (C=O) groups is 1. The van der Waals surface area contributed by atoms with Gasteiger partial charge in [0.05, 0.1) is 6.61 Å². The van der Waals surface area contributed by atoms with E-state index in [0.29, 0.717) is 0 Å². The molecule has 0 unspecified atom stereocenters. The fourth-order valence-electron chi connectivity index (χ4n) is 0.748. The standard InChI is InChI=1S/C7H11N3O3/c1-3-13-7(12)6-8-5(4(2)11)9-10-6/h4,11H,3H2,1-2H3,(H,8,9,10)/t4-/m1/s1. The Bertz CT molecular complexity index is 295. The smallest absolute Gasteiger partial charge is 0.378 e. The van der Waals surface area contributed by atoms with Gasteiger partial charge in [-0.3, -0.25) is 5.10 Å². The molecule has 72 valence electrons. The van der Waals surface area contributed by atoms with Crippen molar-refractivity contribution in [3.63, 3.8) is 0 Å². The van der Waals surface area contributed by atoms with Gasteiger partial charge in [0.25, 0.3) is 5.82 Å². The fraction of sp³-hybridized carbons (Fsp3) is 0.571. The number of esters is 1. The van der Waals surface area contributed by atoms with Crippen molar-refractivity contribution >= 4 is 5.97 Å². The summed E-state index contributed by atoms with van der Waals surface area (Å²) in [5, 5.41) is 15.1. The number of rotatable bonds is 3. The van der Waals surface area contributed by atoms with E-state index in [4.69, 9.17) is 5.11 Å². The van der Waals surface area contributed by atoms with Gasteiger partial charge in [0.15, 0.2) is 5.82 Å². The highest BCUT2D eigenvalue weighted by atomic mass is 16.5. The molecule has 0 aliphatic carbocycles. The second-order valence-electron chi connectivity index (χ2n) is 2.44. The van der Waals surface area contributed by atoms with Gasteiger partial charge in [-0.25, -0.2) is 9.78 Å². The number of aliphatic hydroxyl groups is 1. The summed E-state index contributed by atoms with van der Waals surface area (Å²) < 4.78 is 4.66. The average Bonchev–Trinajstić information content (AvgIpc) is 2.52. The summed E-state index contributed by atoms with van der Waals surface area (Å²) in [5.41, 5.74) is 0. The highest BCUT2D eigenvalue weighted by molar-refractivity contribution is 5.84. The summed E-state index contributed by atoms with van der Waals surface area (Å²) in [7, 11) is 0. The van der Waals surface area contributed by atoms with Gasteiger partial charge in [-0.2, -0.15) is 0 Å². The topological polar surface area (TPSA) is 88.1 Å². The summed E-state index contributed by atoms with van der Waals surface area (Å²) >= 11 is 0. The van der Waals surface area contributed by atoms with Crippen LogP contribution in [-0.4, -0.2) is 32.9 Å². The van der Waals surface area contributed by atoms with E-state index in [0.717, 1.165) is 0 Å². The lowest BCUT2D eigenvalue weighted by atomic mass is 10.4. The molecule has 13 heavy (non-hydrogen) atoms. The van der Waals surface area contributed by atoms with Gasteiger partial charge >= 0.3 is 5.97 Å². The van der Waals surface area contributed by atoms with Crippen molar-refractivity contribution < 1.29 is 14.6 Å². The van der Waals surface area contributed by atoms with Crippen molar-refractivity contribution in [1.82, 2.24) is 15.2 Å². The molecule has 0 fully saturated rings. The first-order valence-corrected chi connectivity index (χ1v) is 3.92. The lowest BCUT2D eigenvalue weighted by Crippen LogP contribution is -2.06. The molecule has 1 aromatic heterocycles. The maximum atomic E-state index is 11.0. The van der Waals surface area contributed by atoms with Crippen LogP contribution in [-0.2, 0) is 4.74 Å². The van der Waals surface area contributed by atoms with E-state index < -0.39 is 12.1 Å². The van der Waals surface area contributed by atoms with Crippen LogP contribution in [0.3, 0.4) is 0 Å². The monoisotopic (exact) mass is 185 g/mol. The normalized spacial score (nSPS) is 12.5. The molecule has 0 aliphatic heterocycles. The molecule has 0 radical (unpaired) electrons. The van der Waals surface area contributed by atoms with Gasteiger partial charge < -0.3 is 9.84 Å². The minimum absolute atomic E-state index is 0.0576. The molecule has 0 spiro atoms. The molecule has 1 aromatic rings. The van der Waals surface area contributed by atoms with Gasteiger partial charge in [-0.05, 0) is 13.8 Å². The van der Waals surface area contributed by atoms with E-state index in [9.17, 15) is 4.79 Å². The number of nitrogens with zero attached hydrogens (tertiary/aromatic N) is 2. The molecule has 1 rings (SSSR count). The largest absolute Gasteiger partial charge is 0.460 e. The molecule has 1 atom stereocenters. The molecule has 0 saturated carbocycles. The second kappa shape index (κ2) is 3.99. The Hall–Kier alpha value is -1.43. The Kier molecular flexibility index (Phi) is 2.97. The summed E-state index contributed by atoms with van der Waals surface area (Å²) in [4.78, 5) is 14.8. The molecule has 6 nitrogen and oxygen atoms in total. The van der Waals surface area contributed by atoms with Gasteiger partial charge in [0.1, 0.15) is 6.10 Å². The van der Waals surface area contributed by atoms with Crippen LogP contribution in [0, 0.1) is 0 Å². The third kappa shape index (κ3) is 2.25. The van der Waals surface area contributed by atoms with Gasteiger partial charge in [0.2, 0.25) is 0 Å². The number of carbonyl (C=O) groups excluding carboxylic acids is 1. The molecule has 0 saturated heterocycles. The summed E-state index contributed by atoms with van der Waals surface area (Å²) in [5.74, 6) is -0.397. The molecule has 1 heterocycles. The van der Waals surface area contributed by atoms with Crippen molar-refractivity contribution in [3.8, 4) is 0 Å². The lowest BCUT2D eigenvalue weighted by Gasteiger charge is -1.95. The van der Waals surface area contributed by atoms with Crippen LogP contribution in [0.15, 0.2) is 0 Å². The maximum Gasteiger partial charge on any atom is 0.378 e. The number of hydrogen-bond acceptors (Lipinski definition) is 5. The van der Waals surface area contributed by atoms with Gasteiger partial charge in [-0.1, -0.05) is 0 Å². The minimum Gasteiger partial charge on any atom is -0.460 e. The highest BCUT2D eigenvalue weighted by Gasteiger charge is 2.14. The van der Waals surface area contributed by atoms with Crippen LogP contribution in [0.1, 0.15) is 36.4 Å². The van der Waals surface area contributed by atoms with Crippen LogP contribution >= 0.6 is 0 Å². The van der Waals surface area contributed by atoms with E-state index >= 15 is 0 Å². The SMILES string of the molecule is CCOC(=O)c1n[nH]c([C@@H](C)O)n1. The van der Waals surface area contributed by atoms with E-state index in [1.165, 1.54) is 6.92 Å². The van der Waals surface area contributed by atoms with E-state index in [1.54, 1.807) is 6.92 Å². The highest BCUT2D eigenvalue weighted by Crippen LogP contribution is 2.05. The van der Waals surface area contributed by atoms with Crippen molar-refractivity contribution in [1.29, 1.82) is 0 Å². The second-order valence-corrected chi connectivity index (χ2v) is 2.44. The molecule has 0 aliphatic rings. The first kappa shape index (κ1) is 9.66. The Morgan fingerprint density at radius 1 is 1.77 bits per heavy atom. The van der Waals surface area contributed by atoms with Crippen molar-refractivity contribution in [2.75, 3.05) is 6.61 Å². The first-order chi connectivity index (χ1) is 6.15. The molecule has 6 heteroatoms. The molecule has 2 N–H and O–H groups in total. The van der Waals surface area contributed by atoms with Crippen LogP contribution < -0.4 is 0 Å². The van der Waals surface area contributed by atoms with Crippen molar-refractivity contribution in [3.05, 3.63) is 11.6 Å². The van der Waals surface area contributed by atoms with E-state index in [1.807, 2.05) is 0 Å². The zero-order valence-corrected chi connectivity index (χ0v) is 7.44. The summed E-state index contributed by atoms with van der Waals surface area (Å²) in [6, 6.07) is 0. The molecular formula is C7H11N3O3. The number of nitrogens with one attached hydrogen (secondary N) is 1. The van der Waals surface area contributed by atoms with Crippen LogP contribution in [0.25, 0.3) is 0 Å². The third-order valence-electron chi connectivity index (χ3n) is 1.36. The molecule has 0 bridgehead atoms. The zero-order chi connectivity index (χ0) is 9.84. The Morgan fingerprint density at radius 3 is 2.92 bits per heavy atom. The number of aliphatic hydroxyl groups excluding tert-OH is 1. The van der Waals surface area contributed by atoms with E-state index in [2.05, 4.69) is 19.9 Å². The predicted molar refractivity (Wildman–Crippen MR) is 43.0 cm³/mol. The number of ether oxygens (including phenoxy) is 1. The van der Waals surface area contributed by atoms with Crippen LogP contribution in [0.5, 0.6) is 0 Å². The number of H-pyrrole nitrogens is 1. The Labute approximate surface area is 74.9 Å². The fourth-order valence-corrected chi connectivity index (χ4v) is 0.748. The Balaban J connectivity index is 2.73. The van der Waals surface area contributed by atoms with Crippen LogP contribution in [0.4, 0.5) is 0 Å². The molecule has 0 aromatic carbocycles. The average molecular weight is 185 g/mol. The number of hydrogen-bond donors (Lipinski definition) is 2. The minimum atomic E-state index is -0.768.